The summed E-state index contributed by atoms with van der Waals surface area (Å²) in [5, 5.41) is 0.858. The van der Waals surface area contributed by atoms with E-state index < -0.39 is 0 Å². The number of fused-ring (bicyclic) bond motifs is 3. The van der Waals surface area contributed by atoms with E-state index in [0.29, 0.717) is 11.3 Å². The van der Waals surface area contributed by atoms with Gasteiger partial charge in [-0.15, -0.1) is 11.3 Å². The largest absolute Gasteiger partial charge is 0.323 e. The summed E-state index contributed by atoms with van der Waals surface area (Å²) in [6.45, 7) is 0.523. The maximum atomic E-state index is 12.9. The molecule has 106 valence electrons. The van der Waals surface area contributed by atoms with Gasteiger partial charge in [-0.05, 0) is 42.6 Å². The number of hydrogen-bond donors (Lipinski definition) is 1. The monoisotopic (exact) mass is 314 g/mol. The molecule has 0 saturated heterocycles. The number of rotatable bonds is 2. The summed E-state index contributed by atoms with van der Waals surface area (Å²) in [6, 6.07) is 9.97. The minimum Gasteiger partial charge on any atom is -0.323 e. The van der Waals surface area contributed by atoms with Gasteiger partial charge in [0.05, 0.1) is 11.9 Å². The number of thiophene rings is 1. The van der Waals surface area contributed by atoms with Crippen molar-refractivity contribution in [2.75, 3.05) is 0 Å². The summed E-state index contributed by atoms with van der Waals surface area (Å²) in [5.41, 5.74) is 2.38. The van der Waals surface area contributed by atoms with Crippen molar-refractivity contribution in [2.24, 2.45) is 0 Å². The topological polar surface area (TPSA) is 37.8 Å². The van der Waals surface area contributed by atoms with E-state index in [4.69, 9.17) is 12.2 Å². The molecular weight excluding hydrogens is 300 g/mol. The Kier molecular flexibility index (Phi) is 3.05. The number of aryl methyl sites for hydroxylation is 2. The van der Waals surface area contributed by atoms with E-state index in [9.17, 15) is 4.79 Å². The van der Waals surface area contributed by atoms with Gasteiger partial charge in [-0.25, -0.2) is 0 Å². The van der Waals surface area contributed by atoms with E-state index in [-0.39, 0.29) is 5.56 Å². The first-order valence-electron chi connectivity index (χ1n) is 7.05. The number of hydrogen-bond acceptors (Lipinski definition) is 3. The van der Waals surface area contributed by atoms with Crippen molar-refractivity contribution in [1.29, 1.82) is 0 Å². The molecule has 1 N–H and O–H groups in total. The Morgan fingerprint density at radius 3 is 2.86 bits per heavy atom. The third kappa shape index (κ3) is 2.08. The molecule has 3 aromatic rings. The highest BCUT2D eigenvalue weighted by Crippen LogP contribution is 2.34. The molecule has 0 radical (unpaired) electrons. The number of aromatic amines is 1. The first kappa shape index (κ1) is 13.0. The van der Waals surface area contributed by atoms with Gasteiger partial charge in [0.1, 0.15) is 4.83 Å². The summed E-state index contributed by atoms with van der Waals surface area (Å²) >= 11 is 7.08. The summed E-state index contributed by atoms with van der Waals surface area (Å²) in [6.07, 6.45) is 3.26. The Morgan fingerprint density at radius 2 is 2.05 bits per heavy atom. The summed E-state index contributed by atoms with van der Waals surface area (Å²) in [7, 11) is 0. The SMILES string of the molecule is O=c1c2c3c(sc2[nH]c(=S)n1Cc1ccccc1)CCC3. The maximum Gasteiger partial charge on any atom is 0.263 e. The van der Waals surface area contributed by atoms with Crippen LogP contribution in [-0.2, 0) is 19.4 Å². The van der Waals surface area contributed by atoms with Crippen LogP contribution in [0, 0.1) is 4.77 Å². The summed E-state index contributed by atoms with van der Waals surface area (Å²) in [5.74, 6) is 0. The lowest BCUT2D eigenvalue weighted by Gasteiger charge is -2.07. The van der Waals surface area contributed by atoms with Crippen LogP contribution >= 0.6 is 23.6 Å². The Morgan fingerprint density at radius 1 is 1.24 bits per heavy atom. The van der Waals surface area contributed by atoms with E-state index in [2.05, 4.69) is 4.98 Å². The molecule has 0 spiro atoms. The Bertz CT molecular complexity index is 935. The summed E-state index contributed by atoms with van der Waals surface area (Å²) in [4.78, 5) is 18.4. The van der Waals surface area contributed by atoms with Crippen LogP contribution in [0.4, 0.5) is 0 Å². The van der Waals surface area contributed by atoms with Gasteiger partial charge in [0, 0.05) is 4.88 Å². The third-order valence-electron chi connectivity index (χ3n) is 4.03. The second-order valence-electron chi connectivity index (χ2n) is 5.37. The molecule has 21 heavy (non-hydrogen) atoms. The van der Waals surface area contributed by atoms with Gasteiger partial charge in [-0.1, -0.05) is 30.3 Å². The fourth-order valence-electron chi connectivity index (χ4n) is 3.02. The van der Waals surface area contributed by atoms with Crippen LogP contribution < -0.4 is 5.56 Å². The van der Waals surface area contributed by atoms with Gasteiger partial charge in [0.25, 0.3) is 5.56 Å². The zero-order valence-corrected chi connectivity index (χ0v) is 13.0. The zero-order chi connectivity index (χ0) is 14.4. The van der Waals surface area contributed by atoms with Crippen LogP contribution in [0.15, 0.2) is 35.1 Å². The highest BCUT2D eigenvalue weighted by molar-refractivity contribution is 7.71. The molecule has 1 aromatic carbocycles. The molecule has 5 heteroatoms. The maximum absolute atomic E-state index is 12.9. The van der Waals surface area contributed by atoms with Crippen LogP contribution in [0.3, 0.4) is 0 Å². The van der Waals surface area contributed by atoms with Crippen LogP contribution in [0.25, 0.3) is 10.2 Å². The van der Waals surface area contributed by atoms with Gasteiger partial charge in [0.15, 0.2) is 4.77 Å². The van der Waals surface area contributed by atoms with Crippen molar-refractivity contribution in [3.8, 4) is 0 Å². The zero-order valence-electron chi connectivity index (χ0n) is 11.4. The average Bonchev–Trinajstić information content (AvgIpc) is 3.04. The molecule has 4 rings (SSSR count). The highest BCUT2D eigenvalue weighted by Gasteiger charge is 2.21. The van der Waals surface area contributed by atoms with E-state index in [0.717, 1.165) is 35.0 Å². The lowest BCUT2D eigenvalue weighted by atomic mass is 10.2. The number of aromatic nitrogens is 2. The molecule has 2 aromatic heterocycles. The molecule has 3 nitrogen and oxygen atoms in total. The molecular formula is C16H14N2OS2. The van der Waals surface area contributed by atoms with E-state index >= 15 is 0 Å². The second-order valence-corrected chi connectivity index (χ2v) is 6.86. The Hall–Kier alpha value is -1.72. The molecule has 1 aliphatic carbocycles. The average molecular weight is 314 g/mol. The number of H-pyrrole nitrogens is 1. The minimum atomic E-state index is 0.0528. The summed E-state index contributed by atoms with van der Waals surface area (Å²) < 4.78 is 2.19. The van der Waals surface area contributed by atoms with Gasteiger partial charge in [-0.3, -0.25) is 9.36 Å². The molecule has 0 atom stereocenters. The molecule has 0 amide bonds. The number of nitrogens with one attached hydrogen (secondary N) is 1. The number of benzene rings is 1. The lowest BCUT2D eigenvalue weighted by molar-refractivity contribution is 0.734. The van der Waals surface area contributed by atoms with Gasteiger partial charge in [-0.2, -0.15) is 0 Å². The predicted molar refractivity (Wildman–Crippen MR) is 88.8 cm³/mol. The van der Waals surface area contributed by atoms with Crippen molar-refractivity contribution in [3.05, 3.63) is 61.5 Å². The Labute approximate surface area is 130 Å². The Balaban J connectivity index is 1.93. The predicted octanol–water partition coefficient (Wildman–Crippen LogP) is 3.66. The van der Waals surface area contributed by atoms with Crippen LogP contribution in [-0.4, -0.2) is 9.55 Å². The quantitative estimate of drug-likeness (QED) is 0.733. The number of nitrogens with zero attached hydrogens (tertiary/aromatic N) is 1. The first-order valence-corrected chi connectivity index (χ1v) is 8.28. The van der Waals surface area contributed by atoms with Crippen molar-refractivity contribution in [2.45, 2.75) is 25.8 Å². The van der Waals surface area contributed by atoms with E-state index in [1.165, 1.54) is 10.4 Å². The van der Waals surface area contributed by atoms with Crippen LogP contribution in [0.5, 0.6) is 0 Å². The van der Waals surface area contributed by atoms with Crippen LogP contribution in [0.1, 0.15) is 22.4 Å². The molecule has 0 aliphatic heterocycles. The smallest absolute Gasteiger partial charge is 0.263 e. The van der Waals surface area contributed by atoms with Crippen molar-refractivity contribution >= 4 is 33.8 Å². The molecule has 0 unspecified atom stereocenters. The van der Waals surface area contributed by atoms with Gasteiger partial charge >= 0.3 is 0 Å². The molecule has 0 saturated carbocycles. The van der Waals surface area contributed by atoms with Gasteiger partial charge < -0.3 is 4.98 Å². The normalized spacial score (nSPS) is 13.7. The van der Waals surface area contributed by atoms with E-state index in [1.54, 1.807) is 15.9 Å². The van der Waals surface area contributed by atoms with Crippen LogP contribution in [0.2, 0.25) is 0 Å². The van der Waals surface area contributed by atoms with Crippen molar-refractivity contribution in [3.63, 3.8) is 0 Å². The first-order chi connectivity index (χ1) is 10.2. The van der Waals surface area contributed by atoms with E-state index in [1.807, 2.05) is 30.3 Å². The molecule has 2 heterocycles. The van der Waals surface area contributed by atoms with Gasteiger partial charge in [0.2, 0.25) is 0 Å². The highest BCUT2D eigenvalue weighted by atomic mass is 32.1. The second kappa shape index (κ2) is 4.93. The molecule has 0 fully saturated rings. The third-order valence-corrected chi connectivity index (χ3v) is 5.56. The fraction of sp³-hybridized carbons (Fsp3) is 0.250. The fourth-order valence-corrected chi connectivity index (χ4v) is 4.61. The standard InChI is InChI=1S/C16H14N2OS2/c19-15-13-11-7-4-8-12(11)21-14(13)17-16(20)18(15)9-10-5-2-1-3-6-10/h1-3,5-6H,4,7-9H2,(H,17,20). The van der Waals surface area contributed by atoms with Crippen molar-refractivity contribution < 1.29 is 0 Å². The van der Waals surface area contributed by atoms with Crippen molar-refractivity contribution in [1.82, 2.24) is 9.55 Å². The minimum absolute atomic E-state index is 0.0528. The molecule has 0 bridgehead atoms. The lowest BCUT2D eigenvalue weighted by Crippen LogP contribution is -2.22. The molecule has 1 aliphatic rings.